The van der Waals surface area contributed by atoms with E-state index in [4.69, 9.17) is 0 Å². The smallest absolute Gasteiger partial charge is 0.365 e. The summed E-state index contributed by atoms with van der Waals surface area (Å²) in [4.78, 5) is 4.06. The standard InChI is InChI=1S/C7H11F3N2S/c8-7(9,10)2-1-3-11-6-12-4-5-13-6/h1-5H2,(H,11,12). The van der Waals surface area contributed by atoms with Crippen LogP contribution in [0.3, 0.4) is 0 Å². The predicted octanol–water partition coefficient (Wildman–Crippen LogP) is 2.02. The van der Waals surface area contributed by atoms with Gasteiger partial charge in [0.05, 0.1) is 6.54 Å². The highest BCUT2D eigenvalue weighted by atomic mass is 32.2. The van der Waals surface area contributed by atoms with E-state index in [0.29, 0.717) is 6.54 Å². The van der Waals surface area contributed by atoms with Gasteiger partial charge < -0.3 is 5.32 Å². The number of hydrogen-bond donors (Lipinski definition) is 1. The van der Waals surface area contributed by atoms with Crippen molar-refractivity contribution in [2.24, 2.45) is 4.99 Å². The third-order valence-corrected chi connectivity index (χ3v) is 2.43. The second-order valence-corrected chi connectivity index (χ2v) is 3.76. The van der Waals surface area contributed by atoms with Gasteiger partial charge in [-0.1, -0.05) is 11.8 Å². The molecule has 0 radical (unpaired) electrons. The number of aliphatic imine (C=N–C) groups is 1. The summed E-state index contributed by atoms with van der Waals surface area (Å²) in [6.45, 7) is 1.12. The molecule has 0 atom stereocenters. The average Bonchev–Trinajstić information content (AvgIpc) is 2.48. The van der Waals surface area contributed by atoms with Crippen molar-refractivity contribution in [3.63, 3.8) is 0 Å². The van der Waals surface area contributed by atoms with Gasteiger partial charge in [0.25, 0.3) is 0 Å². The van der Waals surface area contributed by atoms with Gasteiger partial charge in [0.15, 0.2) is 5.17 Å². The second-order valence-electron chi connectivity index (χ2n) is 2.68. The molecule has 0 spiro atoms. The average molecular weight is 212 g/mol. The highest BCUT2D eigenvalue weighted by Gasteiger charge is 2.25. The Morgan fingerprint density at radius 1 is 1.46 bits per heavy atom. The first-order chi connectivity index (χ1) is 6.08. The molecule has 13 heavy (non-hydrogen) atoms. The number of alkyl halides is 3. The molecule has 1 aliphatic heterocycles. The van der Waals surface area contributed by atoms with E-state index in [0.717, 1.165) is 17.5 Å². The van der Waals surface area contributed by atoms with Crippen LogP contribution in [0.4, 0.5) is 13.2 Å². The molecule has 0 saturated carbocycles. The maximum atomic E-state index is 11.7. The Bertz CT molecular complexity index is 191. The lowest BCUT2D eigenvalue weighted by atomic mass is 10.3. The van der Waals surface area contributed by atoms with Crippen LogP contribution in [0, 0.1) is 0 Å². The Labute approximate surface area is 79.0 Å². The number of amidine groups is 1. The summed E-state index contributed by atoms with van der Waals surface area (Å²) >= 11 is 1.56. The highest BCUT2D eigenvalue weighted by molar-refractivity contribution is 8.14. The lowest BCUT2D eigenvalue weighted by Gasteiger charge is -2.07. The summed E-state index contributed by atoms with van der Waals surface area (Å²) in [5.74, 6) is 0.932. The van der Waals surface area contributed by atoms with Crippen LogP contribution < -0.4 is 5.32 Å². The zero-order valence-electron chi connectivity index (χ0n) is 7.02. The van der Waals surface area contributed by atoms with E-state index < -0.39 is 12.6 Å². The Morgan fingerprint density at radius 3 is 2.77 bits per heavy atom. The molecule has 0 unspecified atom stereocenters. The van der Waals surface area contributed by atoms with Gasteiger partial charge in [-0.2, -0.15) is 13.2 Å². The molecule has 76 valence electrons. The minimum atomic E-state index is -4.04. The molecule has 1 aliphatic rings. The first-order valence-electron chi connectivity index (χ1n) is 4.06. The Balaban J connectivity index is 2.01. The Kier molecular flexibility index (Phi) is 3.90. The van der Waals surface area contributed by atoms with Crippen LogP contribution in [0.1, 0.15) is 12.8 Å². The van der Waals surface area contributed by atoms with Crippen molar-refractivity contribution in [1.29, 1.82) is 0 Å². The van der Waals surface area contributed by atoms with E-state index >= 15 is 0 Å². The van der Waals surface area contributed by atoms with E-state index in [1.807, 2.05) is 0 Å². The van der Waals surface area contributed by atoms with E-state index in [1.165, 1.54) is 0 Å². The molecule has 0 aromatic rings. The van der Waals surface area contributed by atoms with E-state index in [1.54, 1.807) is 11.8 Å². The topological polar surface area (TPSA) is 24.4 Å². The van der Waals surface area contributed by atoms with Gasteiger partial charge in [0, 0.05) is 18.7 Å². The molecule has 0 bridgehead atoms. The molecule has 6 heteroatoms. The third kappa shape index (κ3) is 5.02. The number of hydrogen-bond acceptors (Lipinski definition) is 3. The van der Waals surface area contributed by atoms with Crippen LogP contribution in [0.5, 0.6) is 0 Å². The minimum Gasteiger partial charge on any atom is -0.365 e. The monoisotopic (exact) mass is 212 g/mol. The Morgan fingerprint density at radius 2 is 2.23 bits per heavy atom. The zero-order valence-corrected chi connectivity index (χ0v) is 7.84. The summed E-state index contributed by atoms with van der Waals surface area (Å²) in [5.41, 5.74) is 0. The van der Waals surface area contributed by atoms with Gasteiger partial charge in [0.2, 0.25) is 0 Å². The fraction of sp³-hybridized carbons (Fsp3) is 0.857. The number of thioether (sulfide) groups is 1. The maximum Gasteiger partial charge on any atom is 0.389 e. The lowest BCUT2D eigenvalue weighted by Crippen LogP contribution is -2.21. The van der Waals surface area contributed by atoms with Crippen LogP contribution in [0.25, 0.3) is 0 Å². The van der Waals surface area contributed by atoms with E-state index in [-0.39, 0.29) is 6.42 Å². The summed E-state index contributed by atoms with van der Waals surface area (Å²) < 4.78 is 35.1. The number of halogens is 3. The molecule has 2 nitrogen and oxygen atoms in total. The van der Waals surface area contributed by atoms with Crippen molar-refractivity contribution in [3.05, 3.63) is 0 Å². The Hall–Kier alpha value is -0.390. The quantitative estimate of drug-likeness (QED) is 0.724. The molecule has 0 amide bonds. The van der Waals surface area contributed by atoms with Gasteiger partial charge >= 0.3 is 6.18 Å². The molecule has 1 N–H and O–H groups in total. The van der Waals surface area contributed by atoms with Crippen LogP contribution >= 0.6 is 11.8 Å². The largest absolute Gasteiger partial charge is 0.389 e. The number of rotatable bonds is 3. The molecule has 0 aromatic heterocycles. The van der Waals surface area contributed by atoms with Gasteiger partial charge in [-0.15, -0.1) is 0 Å². The van der Waals surface area contributed by atoms with E-state index in [2.05, 4.69) is 10.3 Å². The van der Waals surface area contributed by atoms with Gasteiger partial charge in [-0.05, 0) is 6.42 Å². The van der Waals surface area contributed by atoms with Crippen LogP contribution in [-0.4, -0.2) is 30.2 Å². The summed E-state index contributed by atoms with van der Waals surface area (Å²) in [6.07, 6.45) is -4.65. The summed E-state index contributed by atoms with van der Waals surface area (Å²) in [7, 11) is 0. The molecule has 0 aliphatic carbocycles. The van der Waals surface area contributed by atoms with Gasteiger partial charge in [0.1, 0.15) is 0 Å². The normalized spacial score (nSPS) is 17.3. The van der Waals surface area contributed by atoms with Crippen molar-refractivity contribution in [2.45, 2.75) is 19.0 Å². The van der Waals surface area contributed by atoms with E-state index in [9.17, 15) is 13.2 Å². The van der Waals surface area contributed by atoms with Gasteiger partial charge in [-0.25, -0.2) is 0 Å². The molecule has 1 rings (SSSR count). The highest BCUT2D eigenvalue weighted by Crippen LogP contribution is 2.20. The lowest BCUT2D eigenvalue weighted by molar-refractivity contribution is -0.135. The molecule has 0 aromatic carbocycles. The van der Waals surface area contributed by atoms with Gasteiger partial charge in [-0.3, -0.25) is 4.99 Å². The van der Waals surface area contributed by atoms with Crippen LogP contribution in [-0.2, 0) is 0 Å². The molecule has 0 saturated heterocycles. The van der Waals surface area contributed by atoms with Crippen LogP contribution in [0.2, 0.25) is 0 Å². The molecular weight excluding hydrogens is 201 g/mol. The van der Waals surface area contributed by atoms with Crippen molar-refractivity contribution in [3.8, 4) is 0 Å². The first-order valence-corrected chi connectivity index (χ1v) is 5.04. The van der Waals surface area contributed by atoms with Crippen molar-refractivity contribution in [2.75, 3.05) is 18.8 Å². The fourth-order valence-corrected chi connectivity index (χ4v) is 1.69. The van der Waals surface area contributed by atoms with Crippen molar-refractivity contribution in [1.82, 2.24) is 5.32 Å². The van der Waals surface area contributed by atoms with Crippen LogP contribution in [0.15, 0.2) is 4.99 Å². The second kappa shape index (κ2) is 4.74. The van der Waals surface area contributed by atoms with Crippen molar-refractivity contribution >= 4 is 16.9 Å². The summed E-state index contributed by atoms with van der Waals surface area (Å²) in [6, 6.07) is 0. The fourth-order valence-electron chi connectivity index (χ4n) is 0.926. The first kappa shape index (κ1) is 10.7. The zero-order chi connectivity index (χ0) is 9.73. The van der Waals surface area contributed by atoms with Crippen molar-refractivity contribution < 1.29 is 13.2 Å². The molecular formula is C7H11F3N2S. The third-order valence-electron chi connectivity index (χ3n) is 1.50. The number of nitrogens with one attached hydrogen (secondary N) is 1. The SMILES string of the molecule is FC(F)(F)CCCNC1=NCCS1. The minimum absolute atomic E-state index is 0.114. The molecule has 0 fully saturated rings. The predicted molar refractivity (Wildman–Crippen MR) is 48.1 cm³/mol. The number of nitrogens with zero attached hydrogens (tertiary/aromatic N) is 1. The summed E-state index contributed by atoms with van der Waals surface area (Å²) in [5, 5.41) is 3.65. The molecule has 1 heterocycles. The maximum absolute atomic E-state index is 11.7.